The molecule has 21 heavy (non-hydrogen) atoms. The zero-order valence-corrected chi connectivity index (χ0v) is 13.5. The fraction of sp³-hybridized carbons (Fsp3) is 0.625. The smallest absolute Gasteiger partial charge is 0.288 e. The fourth-order valence-corrected chi connectivity index (χ4v) is 3.38. The average Bonchev–Trinajstić information content (AvgIpc) is 2.50. The summed E-state index contributed by atoms with van der Waals surface area (Å²) in [5, 5.41) is 11.1. The molecule has 0 spiro atoms. The van der Waals surface area contributed by atoms with Gasteiger partial charge in [-0.2, -0.15) is 0 Å². The predicted molar refractivity (Wildman–Crippen MR) is 85.6 cm³/mol. The van der Waals surface area contributed by atoms with Crippen molar-refractivity contribution in [2.75, 3.05) is 13.1 Å². The van der Waals surface area contributed by atoms with Crippen LogP contribution in [-0.4, -0.2) is 22.9 Å². The molecule has 0 saturated carbocycles. The van der Waals surface area contributed by atoms with Crippen molar-refractivity contribution in [3.05, 3.63) is 38.9 Å². The summed E-state index contributed by atoms with van der Waals surface area (Å²) in [6.45, 7) is 7.46. The van der Waals surface area contributed by atoms with Gasteiger partial charge in [-0.25, -0.2) is 0 Å². The van der Waals surface area contributed by atoms with E-state index in [0.29, 0.717) is 5.41 Å². The Bertz CT molecular complexity index is 505. The molecule has 1 heterocycles. The summed E-state index contributed by atoms with van der Waals surface area (Å²) in [6.07, 6.45) is 4.92. The molecule has 0 aromatic heterocycles. The zero-order valence-electron chi connectivity index (χ0n) is 12.8. The fourth-order valence-electron chi connectivity index (χ4n) is 3.20. The molecular weight excluding hydrogens is 288 g/mol. The number of rotatable bonds is 5. The highest BCUT2D eigenvalue weighted by molar-refractivity contribution is 6.32. The van der Waals surface area contributed by atoms with Crippen molar-refractivity contribution in [2.24, 2.45) is 5.41 Å². The van der Waals surface area contributed by atoms with Crippen LogP contribution in [0.5, 0.6) is 0 Å². The van der Waals surface area contributed by atoms with E-state index >= 15 is 0 Å². The van der Waals surface area contributed by atoms with Crippen molar-refractivity contribution in [3.8, 4) is 0 Å². The number of nitro groups is 1. The summed E-state index contributed by atoms with van der Waals surface area (Å²) in [5.74, 6) is 0. The normalized spacial score (nSPS) is 18.6. The van der Waals surface area contributed by atoms with Crippen LogP contribution in [0.15, 0.2) is 18.2 Å². The predicted octanol–water partition coefficient (Wildman–Crippen LogP) is 4.65. The molecule has 1 aliphatic heterocycles. The highest BCUT2D eigenvalue weighted by atomic mass is 35.5. The second-order valence-corrected chi connectivity index (χ2v) is 6.43. The minimum absolute atomic E-state index is 0.00244. The molecule has 0 atom stereocenters. The zero-order chi connectivity index (χ0) is 15.5. The highest BCUT2D eigenvalue weighted by Gasteiger charge is 2.31. The van der Waals surface area contributed by atoms with Gasteiger partial charge in [-0.1, -0.05) is 44.4 Å². The van der Waals surface area contributed by atoms with Gasteiger partial charge in [-0.15, -0.1) is 0 Å². The number of hydrogen-bond acceptors (Lipinski definition) is 3. The third kappa shape index (κ3) is 3.74. The second-order valence-electron chi connectivity index (χ2n) is 6.03. The van der Waals surface area contributed by atoms with E-state index in [9.17, 15) is 10.1 Å². The Balaban J connectivity index is 2.01. The summed E-state index contributed by atoms with van der Waals surface area (Å²) in [6, 6.07) is 5.11. The Labute approximate surface area is 131 Å². The lowest BCUT2D eigenvalue weighted by Crippen LogP contribution is -2.39. The lowest BCUT2D eigenvalue weighted by atomic mass is 9.74. The van der Waals surface area contributed by atoms with Crippen LogP contribution in [0.4, 0.5) is 5.69 Å². The first-order valence-corrected chi connectivity index (χ1v) is 8.02. The van der Waals surface area contributed by atoms with E-state index in [1.165, 1.54) is 25.7 Å². The molecule has 0 unspecified atom stereocenters. The molecule has 1 saturated heterocycles. The van der Waals surface area contributed by atoms with Crippen LogP contribution in [0.25, 0.3) is 0 Å². The van der Waals surface area contributed by atoms with E-state index in [1.54, 1.807) is 12.1 Å². The van der Waals surface area contributed by atoms with Crippen LogP contribution in [0, 0.1) is 15.5 Å². The van der Waals surface area contributed by atoms with Crippen LogP contribution < -0.4 is 0 Å². The van der Waals surface area contributed by atoms with Gasteiger partial charge in [-0.05, 0) is 43.0 Å². The molecule has 0 amide bonds. The molecule has 0 N–H and O–H groups in total. The quantitative estimate of drug-likeness (QED) is 0.587. The Hall–Kier alpha value is -1.13. The van der Waals surface area contributed by atoms with Crippen LogP contribution in [-0.2, 0) is 6.54 Å². The number of likely N-dealkylation sites (tertiary alicyclic amines) is 1. The van der Waals surface area contributed by atoms with Gasteiger partial charge in [0.15, 0.2) is 0 Å². The topological polar surface area (TPSA) is 46.4 Å². The van der Waals surface area contributed by atoms with Crippen molar-refractivity contribution < 1.29 is 4.92 Å². The summed E-state index contributed by atoms with van der Waals surface area (Å²) in [7, 11) is 0. The molecular formula is C16H23ClN2O2. The van der Waals surface area contributed by atoms with Crippen LogP contribution in [0.1, 0.15) is 45.1 Å². The van der Waals surface area contributed by atoms with Crippen molar-refractivity contribution in [3.63, 3.8) is 0 Å². The largest absolute Gasteiger partial charge is 0.299 e. The van der Waals surface area contributed by atoms with Crippen LogP contribution in [0.2, 0.25) is 5.02 Å². The number of nitro benzene ring substituents is 1. The van der Waals surface area contributed by atoms with Gasteiger partial charge in [0, 0.05) is 12.6 Å². The maximum atomic E-state index is 10.9. The summed E-state index contributed by atoms with van der Waals surface area (Å²) in [5.41, 5.74) is 1.47. The SMILES string of the molecule is CCC1(CC)CCN(Cc2ccc(Cl)c([N+](=O)[O-])c2)CC1. The molecule has 116 valence electrons. The first-order chi connectivity index (χ1) is 9.99. The van der Waals surface area contributed by atoms with Crippen molar-refractivity contribution in [1.82, 2.24) is 4.90 Å². The summed E-state index contributed by atoms with van der Waals surface area (Å²) >= 11 is 5.85. The Morgan fingerprint density at radius 3 is 2.43 bits per heavy atom. The third-order valence-electron chi connectivity index (χ3n) is 5.03. The van der Waals surface area contributed by atoms with E-state index in [1.807, 2.05) is 6.07 Å². The van der Waals surface area contributed by atoms with Crippen LogP contribution >= 0.6 is 11.6 Å². The van der Waals surface area contributed by atoms with Crippen molar-refractivity contribution in [1.29, 1.82) is 0 Å². The van der Waals surface area contributed by atoms with E-state index in [4.69, 9.17) is 11.6 Å². The van der Waals surface area contributed by atoms with Gasteiger partial charge in [0.2, 0.25) is 0 Å². The minimum atomic E-state index is -0.415. The molecule has 5 heteroatoms. The average molecular weight is 311 g/mol. The third-order valence-corrected chi connectivity index (χ3v) is 5.35. The Kier molecular flexibility index (Phi) is 5.22. The number of halogens is 1. The second kappa shape index (κ2) is 6.75. The first-order valence-electron chi connectivity index (χ1n) is 7.65. The van der Waals surface area contributed by atoms with E-state index < -0.39 is 4.92 Å². The Morgan fingerprint density at radius 2 is 1.90 bits per heavy atom. The van der Waals surface area contributed by atoms with Gasteiger partial charge in [0.05, 0.1) is 4.92 Å². The van der Waals surface area contributed by atoms with Gasteiger partial charge < -0.3 is 0 Å². The first kappa shape index (κ1) is 16.2. The maximum Gasteiger partial charge on any atom is 0.288 e. The molecule has 0 aliphatic carbocycles. The molecule has 0 bridgehead atoms. The maximum absolute atomic E-state index is 10.9. The molecule has 2 rings (SSSR count). The van der Waals surface area contributed by atoms with Gasteiger partial charge in [-0.3, -0.25) is 15.0 Å². The lowest BCUT2D eigenvalue weighted by molar-refractivity contribution is -0.384. The van der Waals surface area contributed by atoms with E-state index in [-0.39, 0.29) is 10.7 Å². The van der Waals surface area contributed by atoms with Crippen molar-refractivity contribution >= 4 is 17.3 Å². The van der Waals surface area contributed by atoms with Crippen LogP contribution in [0.3, 0.4) is 0 Å². The number of benzene rings is 1. The van der Waals surface area contributed by atoms with Gasteiger partial charge in [0.1, 0.15) is 5.02 Å². The number of hydrogen-bond donors (Lipinski definition) is 0. The Morgan fingerprint density at radius 1 is 1.29 bits per heavy atom. The molecule has 4 nitrogen and oxygen atoms in total. The monoisotopic (exact) mass is 310 g/mol. The molecule has 1 aromatic carbocycles. The van der Waals surface area contributed by atoms with Gasteiger partial charge in [0.25, 0.3) is 5.69 Å². The molecule has 0 radical (unpaired) electrons. The molecule has 1 fully saturated rings. The lowest BCUT2D eigenvalue weighted by Gasteiger charge is -2.41. The van der Waals surface area contributed by atoms with Crippen molar-refractivity contribution in [2.45, 2.75) is 46.1 Å². The van der Waals surface area contributed by atoms with E-state index in [0.717, 1.165) is 25.2 Å². The van der Waals surface area contributed by atoms with E-state index in [2.05, 4.69) is 18.7 Å². The van der Waals surface area contributed by atoms with Gasteiger partial charge >= 0.3 is 0 Å². The summed E-state index contributed by atoms with van der Waals surface area (Å²) in [4.78, 5) is 12.9. The molecule has 1 aromatic rings. The highest BCUT2D eigenvalue weighted by Crippen LogP contribution is 2.38. The standard InChI is InChI=1S/C16H23ClN2O2/c1-3-16(4-2)7-9-18(10-8-16)12-13-5-6-14(17)15(11-13)19(20)21/h5-6,11H,3-4,7-10,12H2,1-2H3. The number of nitrogens with zero attached hydrogens (tertiary/aromatic N) is 2. The number of piperidine rings is 1. The minimum Gasteiger partial charge on any atom is -0.299 e. The molecule has 1 aliphatic rings. The summed E-state index contributed by atoms with van der Waals surface area (Å²) < 4.78 is 0.